The predicted octanol–water partition coefficient (Wildman–Crippen LogP) is 2.91. The second-order valence-electron chi connectivity index (χ2n) is 9.57. The molecule has 1 saturated heterocycles. The number of amides is 2. The molecule has 4 rings (SSSR count). The van der Waals surface area contributed by atoms with Gasteiger partial charge in [-0.2, -0.15) is 4.31 Å². The quantitative estimate of drug-likeness (QED) is 0.634. The zero-order chi connectivity index (χ0) is 25.2. The maximum absolute atomic E-state index is 13.3. The number of anilines is 2. The zero-order valence-electron chi connectivity index (χ0n) is 20.7. The molecule has 1 N–H and O–H groups in total. The molecule has 0 bridgehead atoms. The number of piperidine rings is 1. The van der Waals surface area contributed by atoms with Gasteiger partial charge in [-0.05, 0) is 67.6 Å². The molecule has 2 amide bonds. The Labute approximate surface area is 207 Å². The Morgan fingerprint density at radius 3 is 2.51 bits per heavy atom. The molecular formula is C26H34N4O4S. The molecule has 2 heterocycles. The van der Waals surface area contributed by atoms with Gasteiger partial charge in [-0.3, -0.25) is 9.59 Å². The Kier molecular flexibility index (Phi) is 7.47. The molecule has 0 aromatic heterocycles. The first-order valence-corrected chi connectivity index (χ1v) is 13.6. The number of nitrogens with one attached hydrogen (secondary N) is 1. The van der Waals surface area contributed by atoms with Crippen molar-refractivity contribution < 1.29 is 18.0 Å². The van der Waals surface area contributed by atoms with Gasteiger partial charge in [-0.15, -0.1) is 0 Å². The minimum atomic E-state index is -3.60. The van der Waals surface area contributed by atoms with Gasteiger partial charge in [-0.25, -0.2) is 8.42 Å². The molecule has 0 radical (unpaired) electrons. The molecule has 2 aliphatic heterocycles. The van der Waals surface area contributed by atoms with E-state index in [-0.39, 0.29) is 35.7 Å². The van der Waals surface area contributed by atoms with Crippen LogP contribution in [-0.4, -0.2) is 57.8 Å². The van der Waals surface area contributed by atoms with E-state index in [1.165, 1.54) is 4.90 Å². The van der Waals surface area contributed by atoms with Crippen molar-refractivity contribution in [3.63, 3.8) is 0 Å². The van der Waals surface area contributed by atoms with Crippen LogP contribution in [0.5, 0.6) is 0 Å². The lowest BCUT2D eigenvalue weighted by molar-refractivity contribution is -0.124. The first-order valence-electron chi connectivity index (χ1n) is 12.1. The highest BCUT2D eigenvalue weighted by Gasteiger charge is 2.33. The maximum atomic E-state index is 13.3. The largest absolute Gasteiger partial charge is 0.378 e. The van der Waals surface area contributed by atoms with E-state index in [1.54, 1.807) is 22.5 Å². The number of nitrogens with zero attached hydrogens (tertiary/aromatic N) is 3. The fourth-order valence-corrected chi connectivity index (χ4v) is 6.50. The van der Waals surface area contributed by atoms with Crippen molar-refractivity contribution in [3.8, 4) is 0 Å². The summed E-state index contributed by atoms with van der Waals surface area (Å²) in [6.45, 7) is 2.75. The second kappa shape index (κ2) is 10.4. The highest BCUT2D eigenvalue weighted by molar-refractivity contribution is 7.89. The summed E-state index contributed by atoms with van der Waals surface area (Å²) in [6, 6.07) is 12.8. The monoisotopic (exact) mass is 498 g/mol. The summed E-state index contributed by atoms with van der Waals surface area (Å²) in [4.78, 5) is 29.0. The van der Waals surface area contributed by atoms with E-state index in [0.29, 0.717) is 25.2 Å². The second-order valence-corrected chi connectivity index (χ2v) is 11.5. The predicted molar refractivity (Wildman–Crippen MR) is 137 cm³/mol. The Hall–Kier alpha value is -2.91. The number of aryl methyl sites for hydroxylation is 1. The van der Waals surface area contributed by atoms with Crippen molar-refractivity contribution in [1.82, 2.24) is 9.62 Å². The van der Waals surface area contributed by atoms with E-state index in [9.17, 15) is 18.0 Å². The molecule has 0 saturated carbocycles. The van der Waals surface area contributed by atoms with E-state index in [4.69, 9.17) is 0 Å². The van der Waals surface area contributed by atoms with Crippen LogP contribution in [-0.2, 0) is 32.6 Å². The van der Waals surface area contributed by atoms with Gasteiger partial charge in [0.25, 0.3) is 0 Å². The van der Waals surface area contributed by atoms with Crippen molar-refractivity contribution in [2.75, 3.05) is 37.0 Å². The highest BCUT2D eigenvalue weighted by Crippen LogP contribution is 2.32. The van der Waals surface area contributed by atoms with Crippen LogP contribution in [0.3, 0.4) is 0 Å². The van der Waals surface area contributed by atoms with Crippen molar-refractivity contribution in [1.29, 1.82) is 0 Å². The normalized spacial score (nSPS) is 18.8. The van der Waals surface area contributed by atoms with Crippen LogP contribution in [0.4, 0.5) is 11.4 Å². The summed E-state index contributed by atoms with van der Waals surface area (Å²) in [6.07, 6.45) is 3.48. The number of hydrogen-bond acceptors (Lipinski definition) is 5. The molecule has 188 valence electrons. The summed E-state index contributed by atoms with van der Waals surface area (Å²) in [5.41, 5.74) is 3.43. The van der Waals surface area contributed by atoms with Gasteiger partial charge in [0.1, 0.15) is 6.54 Å². The lowest BCUT2D eigenvalue weighted by Crippen LogP contribution is -2.43. The molecule has 2 aliphatic rings. The van der Waals surface area contributed by atoms with Gasteiger partial charge in [0.05, 0.1) is 4.90 Å². The first-order chi connectivity index (χ1) is 16.7. The molecule has 2 aromatic rings. The first kappa shape index (κ1) is 25.2. The van der Waals surface area contributed by atoms with E-state index in [1.807, 2.05) is 50.2 Å². The number of rotatable bonds is 7. The number of carbonyl (C=O) groups is 2. The molecule has 0 unspecified atom stereocenters. The van der Waals surface area contributed by atoms with Gasteiger partial charge in [0, 0.05) is 51.0 Å². The Bertz CT molecular complexity index is 1190. The minimum absolute atomic E-state index is 0.0226. The van der Waals surface area contributed by atoms with E-state index in [0.717, 1.165) is 36.1 Å². The van der Waals surface area contributed by atoms with Crippen LogP contribution in [0, 0.1) is 0 Å². The molecule has 35 heavy (non-hydrogen) atoms. The molecule has 8 nitrogen and oxygen atoms in total. The van der Waals surface area contributed by atoms with Gasteiger partial charge in [0.2, 0.25) is 21.8 Å². The average molecular weight is 499 g/mol. The van der Waals surface area contributed by atoms with Crippen molar-refractivity contribution >= 4 is 33.2 Å². The molecule has 9 heteroatoms. The summed E-state index contributed by atoms with van der Waals surface area (Å²) in [5, 5.41) is 2.88. The standard InChI is InChI=1S/C26H34N4O4S/c1-19-6-4-5-15-30(19)35(33,34)23-12-13-24-21(16-23)9-14-26(32)29(24)18-25(31)27-17-20-7-10-22(11-8-20)28(2)3/h7-8,10-13,16,19H,4-6,9,14-15,17-18H2,1-3H3,(H,27,31)/t19-/m0/s1. The van der Waals surface area contributed by atoms with Crippen molar-refractivity contribution in [2.24, 2.45) is 0 Å². The number of carbonyl (C=O) groups excluding carboxylic acids is 2. The van der Waals surface area contributed by atoms with Crippen LogP contribution in [0.2, 0.25) is 0 Å². The van der Waals surface area contributed by atoms with Crippen LogP contribution >= 0.6 is 0 Å². The minimum Gasteiger partial charge on any atom is -0.378 e. The third-order valence-corrected chi connectivity index (χ3v) is 8.85. The van der Waals surface area contributed by atoms with Crippen LogP contribution in [0.25, 0.3) is 0 Å². The molecule has 2 aromatic carbocycles. The molecule has 1 fully saturated rings. The number of hydrogen-bond donors (Lipinski definition) is 1. The lowest BCUT2D eigenvalue weighted by atomic mass is 10.0. The Morgan fingerprint density at radius 1 is 1.09 bits per heavy atom. The molecule has 1 atom stereocenters. The maximum Gasteiger partial charge on any atom is 0.243 e. The van der Waals surface area contributed by atoms with E-state index < -0.39 is 10.0 Å². The highest BCUT2D eigenvalue weighted by atomic mass is 32.2. The van der Waals surface area contributed by atoms with Crippen molar-refractivity contribution in [3.05, 3.63) is 53.6 Å². The molecular weight excluding hydrogens is 464 g/mol. The van der Waals surface area contributed by atoms with Gasteiger partial charge in [-0.1, -0.05) is 18.6 Å². The van der Waals surface area contributed by atoms with Crippen LogP contribution in [0.1, 0.15) is 43.7 Å². The van der Waals surface area contributed by atoms with E-state index >= 15 is 0 Å². The zero-order valence-corrected chi connectivity index (χ0v) is 21.5. The SMILES string of the molecule is C[C@H]1CCCCN1S(=O)(=O)c1ccc2c(c1)CCC(=O)N2CC(=O)NCc1ccc(N(C)C)cc1. The Balaban J connectivity index is 1.45. The number of benzene rings is 2. The summed E-state index contributed by atoms with van der Waals surface area (Å²) >= 11 is 0. The van der Waals surface area contributed by atoms with Crippen LogP contribution < -0.4 is 15.1 Å². The lowest BCUT2D eigenvalue weighted by Gasteiger charge is -2.33. The summed E-state index contributed by atoms with van der Waals surface area (Å²) in [5.74, 6) is -0.398. The third-order valence-electron chi connectivity index (χ3n) is 6.84. The summed E-state index contributed by atoms with van der Waals surface area (Å²) < 4.78 is 28.1. The fourth-order valence-electron chi connectivity index (χ4n) is 4.75. The smallest absolute Gasteiger partial charge is 0.243 e. The van der Waals surface area contributed by atoms with E-state index in [2.05, 4.69) is 5.32 Å². The topological polar surface area (TPSA) is 90.0 Å². The van der Waals surface area contributed by atoms with Gasteiger partial charge >= 0.3 is 0 Å². The fraction of sp³-hybridized carbons (Fsp3) is 0.462. The van der Waals surface area contributed by atoms with Crippen molar-refractivity contribution in [2.45, 2.75) is 56.5 Å². The molecule has 0 aliphatic carbocycles. The van der Waals surface area contributed by atoms with Gasteiger partial charge in [0.15, 0.2) is 0 Å². The van der Waals surface area contributed by atoms with Gasteiger partial charge < -0.3 is 15.1 Å². The number of sulfonamides is 1. The average Bonchev–Trinajstić information content (AvgIpc) is 2.84. The molecule has 0 spiro atoms. The number of fused-ring (bicyclic) bond motifs is 1. The Morgan fingerprint density at radius 2 is 1.83 bits per heavy atom. The van der Waals surface area contributed by atoms with Crippen LogP contribution in [0.15, 0.2) is 47.4 Å². The third kappa shape index (κ3) is 5.51. The summed E-state index contributed by atoms with van der Waals surface area (Å²) in [7, 11) is 0.339.